The van der Waals surface area contributed by atoms with Gasteiger partial charge in [0.1, 0.15) is 11.5 Å². The average molecular weight is 503 g/mol. The van der Waals surface area contributed by atoms with Crippen molar-refractivity contribution in [1.29, 1.82) is 0 Å². The molecular formula is C30H23FN6O. The molecule has 0 bridgehead atoms. The van der Waals surface area contributed by atoms with E-state index < -0.39 is 0 Å². The number of aromatic amines is 2. The highest BCUT2D eigenvalue weighted by molar-refractivity contribution is 6.01. The maximum absolute atomic E-state index is 14.6. The lowest BCUT2D eigenvalue weighted by molar-refractivity contribution is -0.122. The van der Waals surface area contributed by atoms with Crippen molar-refractivity contribution in [3.05, 3.63) is 85.2 Å². The average Bonchev–Trinajstić information content (AvgIpc) is 3.52. The highest BCUT2D eigenvalue weighted by atomic mass is 19.1. The zero-order chi connectivity index (χ0) is 25.6. The number of pyridine rings is 2. The first-order valence-corrected chi connectivity index (χ1v) is 12.6. The second-order valence-electron chi connectivity index (χ2n) is 9.72. The third-order valence-electron chi connectivity index (χ3n) is 7.34. The summed E-state index contributed by atoms with van der Waals surface area (Å²) in [5.74, 6) is -0.126. The maximum atomic E-state index is 14.6. The van der Waals surface area contributed by atoms with E-state index in [1.807, 2.05) is 30.3 Å². The number of fused-ring (bicyclic) bond motifs is 2. The predicted octanol–water partition coefficient (Wildman–Crippen LogP) is 6.71. The van der Waals surface area contributed by atoms with Crippen LogP contribution in [0.5, 0.6) is 0 Å². The van der Waals surface area contributed by atoms with Gasteiger partial charge in [0.05, 0.1) is 34.8 Å². The first kappa shape index (κ1) is 22.4. The Labute approximate surface area is 217 Å². The third kappa shape index (κ3) is 3.82. The minimum atomic E-state index is -0.292. The molecule has 4 aromatic heterocycles. The Hall–Kier alpha value is -4.85. The van der Waals surface area contributed by atoms with E-state index in [4.69, 9.17) is 0 Å². The van der Waals surface area contributed by atoms with Crippen LogP contribution in [0.4, 0.5) is 10.1 Å². The summed E-state index contributed by atoms with van der Waals surface area (Å²) in [5.41, 5.74) is 7.00. The van der Waals surface area contributed by atoms with Crippen molar-refractivity contribution in [2.75, 3.05) is 5.32 Å². The van der Waals surface area contributed by atoms with Gasteiger partial charge in [-0.05, 0) is 48.7 Å². The van der Waals surface area contributed by atoms with Crippen molar-refractivity contribution in [1.82, 2.24) is 25.1 Å². The Bertz CT molecular complexity index is 1830. The summed E-state index contributed by atoms with van der Waals surface area (Å²) < 4.78 is 14.6. The topological polar surface area (TPSA) is 99.3 Å². The van der Waals surface area contributed by atoms with Crippen molar-refractivity contribution >= 4 is 33.4 Å². The van der Waals surface area contributed by atoms with E-state index in [0.29, 0.717) is 11.3 Å². The van der Waals surface area contributed by atoms with E-state index >= 15 is 0 Å². The molecule has 1 fully saturated rings. The number of amides is 1. The molecule has 3 N–H and O–H groups in total. The number of H-pyrrole nitrogens is 2. The lowest BCUT2D eigenvalue weighted by atomic mass is 9.85. The number of hydrogen-bond donors (Lipinski definition) is 3. The summed E-state index contributed by atoms with van der Waals surface area (Å²) in [4.78, 5) is 24.5. The van der Waals surface area contributed by atoms with Gasteiger partial charge in [-0.1, -0.05) is 30.7 Å². The van der Waals surface area contributed by atoms with Gasteiger partial charge in [-0.25, -0.2) is 4.39 Å². The molecule has 38 heavy (non-hydrogen) atoms. The summed E-state index contributed by atoms with van der Waals surface area (Å²) in [6, 6.07) is 16.7. The molecule has 7 rings (SSSR count). The lowest BCUT2D eigenvalue weighted by Crippen LogP contribution is -2.28. The number of nitrogens with zero attached hydrogens (tertiary/aromatic N) is 3. The van der Waals surface area contributed by atoms with Crippen LogP contribution >= 0.6 is 0 Å². The van der Waals surface area contributed by atoms with Crippen molar-refractivity contribution in [3.8, 4) is 33.6 Å². The fraction of sp³-hybridized carbons (Fsp3) is 0.133. The normalized spacial score (nSPS) is 13.6. The van der Waals surface area contributed by atoms with Gasteiger partial charge in [0.2, 0.25) is 5.91 Å². The van der Waals surface area contributed by atoms with E-state index in [-0.39, 0.29) is 17.6 Å². The molecule has 2 aromatic carbocycles. The third-order valence-corrected chi connectivity index (χ3v) is 7.34. The first-order valence-electron chi connectivity index (χ1n) is 12.6. The quantitative estimate of drug-likeness (QED) is 0.244. The Balaban J connectivity index is 1.27. The molecule has 1 aliphatic carbocycles. The van der Waals surface area contributed by atoms with Gasteiger partial charge in [-0.15, -0.1) is 0 Å². The molecule has 0 radical (unpaired) electrons. The molecule has 8 heteroatoms. The van der Waals surface area contributed by atoms with Gasteiger partial charge in [-0.2, -0.15) is 5.10 Å². The zero-order valence-corrected chi connectivity index (χ0v) is 20.3. The van der Waals surface area contributed by atoms with Crippen LogP contribution in [0, 0.1) is 11.7 Å². The number of benzene rings is 2. The van der Waals surface area contributed by atoms with Crippen LogP contribution in [0.2, 0.25) is 0 Å². The van der Waals surface area contributed by atoms with Crippen LogP contribution in [0.25, 0.3) is 55.4 Å². The molecule has 186 valence electrons. The first-order chi connectivity index (χ1) is 18.6. The summed E-state index contributed by atoms with van der Waals surface area (Å²) in [5, 5.41) is 12.5. The monoisotopic (exact) mass is 502 g/mol. The highest BCUT2D eigenvalue weighted by Crippen LogP contribution is 2.36. The number of carbonyl (C=O) groups excluding carboxylic acids is 1. The van der Waals surface area contributed by atoms with Crippen LogP contribution in [0.3, 0.4) is 0 Å². The van der Waals surface area contributed by atoms with E-state index in [9.17, 15) is 9.18 Å². The van der Waals surface area contributed by atoms with E-state index in [2.05, 4.69) is 36.5 Å². The fourth-order valence-electron chi connectivity index (χ4n) is 5.05. The smallest absolute Gasteiger partial charge is 0.227 e. The minimum Gasteiger partial charge on any atom is -0.352 e. The van der Waals surface area contributed by atoms with Gasteiger partial charge in [-0.3, -0.25) is 19.9 Å². The van der Waals surface area contributed by atoms with E-state index in [0.717, 1.165) is 69.1 Å². The molecular weight excluding hydrogens is 479 g/mol. The molecule has 0 saturated heterocycles. The molecule has 0 aliphatic heterocycles. The molecule has 0 atom stereocenters. The molecule has 1 saturated carbocycles. The van der Waals surface area contributed by atoms with E-state index in [1.54, 1.807) is 36.9 Å². The van der Waals surface area contributed by atoms with Crippen molar-refractivity contribution in [2.24, 2.45) is 5.92 Å². The van der Waals surface area contributed by atoms with Crippen LogP contribution in [-0.2, 0) is 4.79 Å². The molecule has 6 aromatic rings. The summed E-state index contributed by atoms with van der Waals surface area (Å²) in [6.45, 7) is 0. The van der Waals surface area contributed by atoms with Crippen LogP contribution in [-0.4, -0.2) is 31.1 Å². The summed E-state index contributed by atoms with van der Waals surface area (Å²) >= 11 is 0. The summed E-state index contributed by atoms with van der Waals surface area (Å²) in [7, 11) is 0. The van der Waals surface area contributed by atoms with Gasteiger partial charge in [0, 0.05) is 45.8 Å². The van der Waals surface area contributed by atoms with Gasteiger partial charge < -0.3 is 10.3 Å². The molecule has 4 heterocycles. The molecule has 7 nitrogen and oxygen atoms in total. The molecule has 1 aliphatic rings. The Kier molecular flexibility index (Phi) is 5.25. The number of halogens is 1. The number of nitrogens with one attached hydrogen (secondary N) is 3. The standard InChI is InChI=1S/C30H23FN6O/c31-25-7-2-1-6-21(25)24-15-33-16-28-22(24)12-27(35-28)29-23-11-18(8-9-26(23)36-37-29)19-10-20(14-32-13-19)34-30(38)17-4-3-5-17/h1-2,6-17,35H,3-5H2,(H,34,38)(H,36,37). The van der Waals surface area contributed by atoms with Crippen molar-refractivity contribution < 1.29 is 9.18 Å². The maximum Gasteiger partial charge on any atom is 0.227 e. The molecule has 0 unspecified atom stereocenters. The lowest BCUT2D eigenvalue weighted by Gasteiger charge is -2.24. The van der Waals surface area contributed by atoms with Crippen LogP contribution < -0.4 is 5.32 Å². The molecule has 1 amide bonds. The number of carbonyl (C=O) groups is 1. The van der Waals surface area contributed by atoms with E-state index in [1.165, 1.54) is 6.07 Å². The predicted molar refractivity (Wildman–Crippen MR) is 146 cm³/mol. The summed E-state index contributed by atoms with van der Waals surface area (Å²) in [6.07, 6.45) is 9.89. The zero-order valence-electron chi connectivity index (χ0n) is 20.3. The Morgan fingerprint density at radius 3 is 2.58 bits per heavy atom. The van der Waals surface area contributed by atoms with Gasteiger partial charge >= 0.3 is 0 Å². The Morgan fingerprint density at radius 1 is 0.868 bits per heavy atom. The SMILES string of the molecule is O=C(Nc1cncc(-c2ccc3[nH]nc(-c4cc5c(-c6ccccc6F)cncc5[nH]4)c3c2)c1)C1CCC1. The second-order valence-corrected chi connectivity index (χ2v) is 9.72. The van der Waals surface area contributed by atoms with Crippen molar-refractivity contribution in [3.63, 3.8) is 0 Å². The minimum absolute atomic E-state index is 0.0610. The van der Waals surface area contributed by atoms with Gasteiger partial charge in [0.25, 0.3) is 0 Å². The van der Waals surface area contributed by atoms with Crippen LogP contribution in [0.1, 0.15) is 19.3 Å². The number of rotatable bonds is 5. The van der Waals surface area contributed by atoms with Crippen molar-refractivity contribution in [2.45, 2.75) is 19.3 Å². The number of aromatic nitrogens is 5. The molecule has 0 spiro atoms. The Morgan fingerprint density at radius 2 is 1.74 bits per heavy atom. The number of hydrogen-bond acceptors (Lipinski definition) is 4. The highest BCUT2D eigenvalue weighted by Gasteiger charge is 2.25. The number of anilines is 1. The fourth-order valence-corrected chi connectivity index (χ4v) is 5.05. The largest absolute Gasteiger partial charge is 0.352 e. The van der Waals surface area contributed by atoms with Crippen LogP contribution in [0.15, 0.2) is 79.4 Å². The second kappa shape index (κ2) is 8.92. The van der Waals surface area contributed by atoms with Gasteiger partial charge in [0.15, 0.2) is 0 Å².